The minimum atomic E-state index is -0.000162. The van der Waals surface area contributed by atoms with Gasteiger partial charge in [0.05, 0.1) is 21.8 Å². The Kier molecular flexibility index (Phi) is 3.79. The highest BCUT2D eigenvalue weighted by molar-refractivity contribution is 6.38. The molecule has 3 nitrogen and oxygen atoms in total. The van der Waals surface area contributed by atoms with E-state index in [0.717, 1.165) is 12.1 Å². The summed E-state index contributed by atoms with van der Waals surface area (Å²) in [6.07, 6.45) is -0.000162. The maximum Gasteiger partial charge on any atom is 0.100 e. The molecule has 1 atom stereocenters. The van der Waals surface area contributed by atoms with Crippen LogP contribution < -0.4 is 5.73 Å². The lowest BCUT2D eigenvalue weighted by molar-refractivity contribution is 0.0607. The fourth-order valence-corrected chi connectivity index (χ4v) is 2.45. The average Bonchev–Trinajstić information content (AvgIpc) is 2.73. The van der Waals surface area contributed by atoms with Gasteiger partial charge in [-0.15, -0.1) is 0 Å². The van der Waals surface area contributed by atoms with Gasteiger partial charge in [0.25, 0.3) is 0 Å². The van der Waals surface area contributed by atoms with Crippen LogP contribution in [0, 0.1) is 0 Å². The fourth-order valence-electron chi connectivity index (χ4n) is 1.94. The van der Waals surface area contributed by atoms with Crippen LogP contribution in [0.4, 0.5) is 5.69 Å². The first kappa shape index (κ1) is 13.9. The van der Waals surface area contributed by atoms with Crippen molar-refractivity contribution in [2.45, 2.75) is 32.4 Å². The van der Waals surface area contributed by atoms with Crippen molar-refractivity contribution in [1.29, 1.82) is 0 Å². The van der Waals surface area contributed by atoms with Gasteiger partial charge in [-0.2, -0.15) is 0 Å². The van der Waals surface area contributed by atoms with Crippen LogP contribution in [0.25, 0.3) is 0 Å². The van der Waals surface area contributed by atoms with E-state index in [0.29, 0.717) is 22.5 Å². The molecule has 5 heteroatoms. The van der Waals surface area contributed by atoms with E-state index < -0.39 is 0 Å². The van der Waals surface area contributed by atoms with E-state index >= 15 is 0 Å². The molecular weight excluding hydrogens is 271 g/mol. The van der Waals surface area contributed by atoms with Crippen molar-refractivity contribution in [2.24, 2.45) is 0 Å². The van der Waals surface area contributed by atoms with E-state index in [2.05, 4.69) is 25.7 Å². The van der Waals surface area contributed by atoms with Crippen molar-refractivity contribution in [1.82, 2.24) is 4.90 Å². The highest BCUT2D eigenvalue weighted by atomic mass is 35.5. The smallest absolute Gasteiger partial charge is 0.100 e. The van der Waals surface area contributed by atoms with Gasteiger partial charge in [-0.1, -0.05) is 23.2 Å². The predicted molar refractivity (Wildman–Crippen MR) is 76.0 cm³/mol. The molecule has 2 rings (SSSR count). The van der Waals surface area contributed by atoms with E-state index in [1.54, 1.807) is 0 Å². The molecule has 1 saturated heterocycles. The van der Waals surface area contributed by atoms with Crippen LogP contribution in [0.3, 0.4) is 0 Å². The molecule has 0 saturated carbocycles. The summed E-state index contributed by atoms with van der Waals surface area (Å²) in [5.74, 6) is 0. The lowest BCUT2D eigenvalue weighted by Gasteiger charge is -2.29. The third kappa shape index (κ3) is 2.75. The van der Waals surface area contributed by atoms with Gasteiger partial charge in [0.2, 0.25) is 0 Å². The van der Waals surface area contributed by atoms with E-state index in [1.807, 2.05) is 12.1 Å². The first-order chi connectivity index (χ1) is 8.29. The number of nitrogens with zero attached hydrogens (tertiary/aromatic N) is 1. The van der Waals surface area contributed by atoms with Crippen molar-refractivity contribution < 1.29 is 4.74 Å². The lowest BCUT2D eigenvalue weighted by Crippen LogP contribution is -2.39. The third-order valence-electron chi connectivity index (χ3n) is 3.24. The van der Waals surface area contributed by atoms with Gasteiger partial charge < -0.3 is 10.5 Å². The zero-order valence-corrected chi connectivity index (χ0v) is 12.3. The molecule has 0 aromatic heterocycles. The molecule has 0 aliphatic carbocycles. The minimum absolute atomic E-state index is 0.000162. The average molecular weight is 289 g/mol. The van der Waals surface area contributed by atoms with Crippen molar-refractivity contribution in [3.8, 4) is 0 Å². The second kappa shape index (κ2) is 4.89. The van der Waals surface area contributed by atoms with Crippen molar-refractivity contribution in [3.63, 3.8) is 0 Å². The molecule has 0 radical (unpaired) electrons. The Balaban J connectivity index is 2.20. The zero-order valence-electron chi connectivity index (χ0n) is 10.8. The SMILES string of the molecule is CC(C)(C)N1COC(c2cc(Cl)c(N)c(Cl)c2)C1. The van der Waals surface area contributed by atoms with Crippen molar-refractivity contribution in [3.05, 3.63) is 27.7 Å². The van der Waals surface area contributed by atoms with Crippen LogP contribution in [0.15, 0.2) is 12.1 Å². The van der Waals surface area contributed by atoms with Gasteiger partial charge in [0.1, 0.15) is 6.73 Å². The zero-order chi connectivity index (χ0) is 13.5. The summed E-state index contributed by atoms with van der Waals surface area (Å²) in [4.78, 5) is 2.27. The molecule has 0 bridgehead atoms. The number of ether oxygens (including phenoxy) is 1. The molecule has 1 aromatic rings. The molecule has 0 spiro atoms. The topological polar surface area (TPSA) is 38.5 Å². The Bertz CT molecular complexity index is 434. The van der Waals surface area contributed by atoms with Gasteiger partial charge in [-0.05, 0) is 38.5 Å². The third-order valence-corrected chi connectivity index (χ3v) is 3.87. The Hall–Kier alpha value is -0.480. The molecule has 1 aliphatic rings. The summed E-state index contributed by atoms with van der Waals surface area (Å²) in [7, 11) is 0. The van der Waals surface area contributed by atoms with Gasteiger partial charge >= 0.3 is 0 Å². The molecule has 18 heavy (non-hydrogen) atoms. The number of nitrogen functional groups attached to an aromatic ring is 1. The standard InChI is InChI=1S/C13H18Cl2N2O/c1-13(2,3)17-6-11(18-7-17)8-4-9(14)12(16)10(15)5-8/h4-5,11H,6-7,16H2,1-3H3. The van der Waals surface area contributed by atoms with Crippen molar-refractivity contribution in [2.75, 3.05) is 19.0 Å². The van der Waals surface area contributed by atoms with Crippen LogP contribution in [0.2, 0.25) is 10.0 Å². The maximum absolute atomic E-state index is 6.05. The number of benzene rings is 1. The monoisotopic (exact) mass is 288 g/mol. The van der Waals surface area contributed by atoms with Gasteiger partial charge in [0.15, 0.2) is 0 Å². The summed E-state index contributed by atoms with van der Waals surface area (Å²) in [5.41, 5.74) is 7.23. The molecule has 1 unspecified atom stereocenters. The number of hydrogen-bond donors (Lipinski definition) is 1. The highest BCUT2D eigenvalue weighted by Crippen LogP contribution is 2.35. The quantitative estimate of drug-likeness (QED) is 0.801. The molecule has 1 fully saturated rings. The fraction of sp³-hybridized carbons (Fsp3) is 0.538. The maximum atomic E-state index is 6.05. The van der Waals surface area contributed by atoms with Crippen LogP contribution in [0.5, 0.6) is 0 Å². The number of hydrogen-bond acceptors (Lipinski definition) is 3. The molecule has 1 aliphatic heterocycles. The summed E-state index contributed by atoms with van der Waals surface area (Å²) >= 11 is 12.1. The Morgan fingerprint density at radius 1 is 1.28 bits per heavy atom. The lowest BCUT2D eigenvalue weighted by atomic mass is 10.0. The molecule has 2 N–H and O–H groups in total. The normalized spacial score (nSPS) is 21.5. The first-order valence-corrected chi connectivity index (χ1v) is 6.65. The van der Waals surface area contributed by atoms with Crippen LogP contribution >= 0.6 is 23.2 Å². The first-order valence-electron chi connectivity index (χ1n) is 5.90. The van der Waals surface area contributed by atoms with Gasteiger partial charge in [0, 0.05) is 12.1 Å². The summed E-state index contributed by atoms with van der Waals surface area (Å²) < 4.78 is 5.80. The van der Waals surface area contributed by atoms with E-state index in [9.17, 15) is 0 Å². The molecular formula is C13H18Cl2N2O. The van der Waals surface area contributed by atoms with Gasteiger partial charge in [-0.25, -0.2) is 0 Å². The molecule has 1 aromatic carbocycles. The highest BCUT2D eigenvalue weighted by Gasteiger charge is 2.32. The second-order valence-electron chi connectivity index (χ2n) is 5.58. The predicted octanol–water partition coefficient (Wildman–Crippen LogP) is 3.70. The van der Waals surface area contributed by atoms with Crippen molar-refractivity contribution >= 4 is 28.9 Å². The summed E-state index contributed by atoms with van der Waals surface area (Å²) in [6, 6.07) is 3.67. The second-order valence-corrected chi connectivity index (χ2v) is 6.39. The summed E-state index contributed by atoms with van der Waals surface area (Å²) in [6.45, 7) is 7.96. The summed E-state index contributed by atoms with van der Waals surface area (Å²) in [5, 5.41) is 0.964. The number of anilines is 1. The van der Waals surface area contributed by atoms with Crippen LogP contribution in [-0.2, 0) is 4.74 Å². The minimum Gasteiger partial charge on any atom is -0.396 e. The number of rotatable bonds is 1. The Morgan fingerprint density at radius 3 is 2.28 bits per heavy atom. The van der Waals surface area contributed by atoms with Crippen LogP contribution in [-0.4, -0.2) is 23.7 Å². The van der Waals surface area contributed by atoms with Crippen LogP contribution in [0.1, 0.15) is 32.4 Å². The van der Waals surface area contributed by atoms with E-state index in [1.165, 1.54) is 0 Å². The number of halogens is 2. The Morgan fingerprint density at radius 2 is 1.83 bits per heavy atom. The van der Waals surface area contributed by atoms with E-state index in [4.69, 9.17) is 33.7 Å². The molecule has 0 amide bonds. The molecule has 1 heterocycles. The Labute approximate surface area is 118 Å². The largest absolute Gasteiger partial charge is 0.396 e. The number of nitrogens with two attached hydrogens (primary N) is 1. The van der Waals surface area contributed by atoms with Gasteiger partial charge in [-0.3, -0.25) is 4.90 Å². The van der Waals surface area contributed by atoms with E-state index in [-0.39, 0.29) is 11.6 Å². The molecule has 100 valence electrons.